The summed E-state index contributed by atoms with van der Waals surface area (Å²) in [6.07, 6.45) is -0.546. The van der Waals surface area contributed by atoms with E-state index in [1.807, 2.05) is 6.07 Å². The van der Waals surface area contributed by atoms with Crippen molar-refractivity contribution in [1.82, 2.24) is 0 Å². The van der Waals surface area contributed by atoms with Crippen molar-refractivity contribution in [3.8, 4) is 11.8 Å². The second-order valence-electron chi connectivity index (χ2n) is 2.97. The molecule has 16 heavy (non-hydrogen) atoms. The van der Waals surface area contributed by atoms with Crippen LogP contribution in [0, 0.1) is 17.1 Å². The van der Waals surface area contributed by atoms with Crippen LogP contribution in [0.3, 0.4) is 0 Å². The molecule has 0 fully saturated rings. The van der Waals surface area contributed by atoms with Gasteiger partial charge in [0, 0.05) is 14.2 Å². The van der Waals surface area contributed by atoms with Gasteiger partial charge in [-0.15, -0.1) is 0 Å². The number of hydrogen-bond donors (Lipinski definition) is 0. The maximum atomic E-state index is 13.3. The highest BCUT2D eigenvalue weighted by Crippen LogP contribution is 2.18. The summed E-state index contributed by atoms with van der Waals surface area (Å²) in [5.41, 5.74) is 0.250. The van der Waals surface area contributed by atoms with Crippen LogP contribution in [0.4, 0.5) is 4.39 Å². The summed E-state index contributed by atoms with van der Waals surface area (Å²) in [4.78, 5) is 0. The van der Waals surface area contributed by atoms with E-state index in [-0.39, 0.29) is 17.9 Å². The second kappa shape index (κ2) is 6.05. The van der Waals surface area contributed by atoms with Gasteiger partial charge in [0.2, 0.25) is 0 Å². The first kappa shape index (κ1) is 12.4. The molecule has 0 unspecified atom stereocenters. The molecule has 0 N–H and O–H groups in total. The molecule has 0 atom stereocenters. The molecular formula is C11H12FNO3. The molecule has 0 saturated carbocycles. The zero-order valence-electron chi connectivity index (χ0n) is 9.07. The Morgan fingerprint density at radius 1 is 1.38 bits per heavy atom. The Labute approximate surface area is 93.2 Å². The van der Waals surface area contributed by atoms with Crippen molar-refractivity contribution in [2.24, 2.45) is 0 Å². The van der Waals surface area contributed by atoms with E-state index in [2.05, 4.69) is 0 Å². The Hall–Kier alpha value is -1.64. The van der Waals surface area contributed by atoms with Crippen LogP contribution in [0.2, 0.25) is 0 Å². The lowest BCUT2D eigenvalue weighted by molar-refractivity contribution is -0.122. The van der Waals surface area contributed by atoms with Crippen LogP contribution in [0.5, 0.6) is 5.75 Å². The van der Waals surface area contributed by atoms with E-state index in [0.29, 0.717) is 0 Å². The summed E-state index contributed by atoms with van der Waals surface area (Å²) in [6, 6.07) is 5.83. The number of methoxy groups -OCH3 is 2. The quantitative estimate of drug-likeness (QED) is 0.715. The van der Waals surface area contributed by atoms with Crippen LogP contribution >= 0.6 is 0 Å². The highest BCUT2D eigenvalue weighted by molar-refractivity contribution is 5.35. The molecule has 0 saturated heterocycles. The molecule has 86 valence electrons. The minimum atomic E-state index is -0.579. The Bertz CT molecular complexity index is 385. The van der Waals surface area contributed by atoms with Crippen molar-refractivity contribution in [2.75, 3.05) is 20.8 Å². The Balaban J connectivity index is 2.65. The molecule has 1 rings (SSSR count). The van der Waals surface area contributed by atoms with Gasteiger partial charge in [-0.2, -0.15) is 5.26 Å². The predicted octanol–water partition coefficient (Wildman–Crippen LogP) is 1.70. The summed E-state index contributed by atoms with van der Waals surface area (Å²) in [5.74, 6) is -0.511. The summed E-state index contributed by atoms with van der Waals surface area (Å²) in [6.45, 7) is 0.0792. The molecule has 0 heterocycles. The summed E-state index contributed by atoms with van der Waals surface area (Å²) in [5, 5.41) is 8.55. The van der Waals surface area contributed by atoms with Crippen molar-refractivity contribution < 1.29 is 18.6 Å². The van der Waals surface area contributed by atoms with E-state index in [9.17, 15) is 4.39 Å². The molecule has 0 bridgehead atoms. The van der Waals surface area contributed by atoms with Gasteiger partial charge in [-0.1, -0.05) is 0 Å². The number of nitrogens with zero attached hydrogens (tertiary/aromatic N) is 1. The molecule has 0 radical (unpaired) electrons. The largest absolute Gasteiger partial charge is 0.485 e. The zero-order valence-corrected chi connectivity index (χ0v) is 9.07. The fourth-order valence-corrected chi connectivity index (χ4v) is 1.08. The van der Waals surface area contributed by atoms with Crippen molar-refractivity contribution in [2.45, 2.75) is 6.29 Å². The van der Waals surface area contributed by atoms with Gasteiger partial charge in [-0.3, -0.25) is 0 Å². The molecule has 1 aromatic carbocycles. The first-order valence-corrected chi connectivity index (χ1v) is 4.59. The predicted molar refractivity (Wildman–Crippen MR) is 54.4 cm³/mol. The van der Waals surface area contributed by atoms with Crippen LogP contribution in [0.15, 0.2) is 18.2 Å². The molecule has 1 aromatic rings. The van der Waals surface area contributed by atoms with Crippen molar-refractivity contribution in [3.63, 3.8) is 0 Å². The molecule has 0 amide bonds. The van der Waals surface area contributed by atoms with Crippen LogP contribution in [0.1, 0.15) is 5.56 Å². The van der Waals surface area contributed by atoms with Crippen LogP contribution in [0.25, 0.3) is 0 Å². The molecule has 4 nitrogen and oxygen atoms in total. The first-order valence-electron chi connectivity index (χ1n) is 4.59. The fraction of sp³-hybridized carbons (Fsp3) is 0.364. The van der Waals surface area contributed by atoms with E-state index >= 15 is 0 Å². The van der Waals surface area contributed by atoms with Gasteiger partial charge < -0.3 is 14.2 Å². The van der Waals surface area contributed by atoms with Crippen molar-refractivity contribution in [1.29, 1.82) is 5.26 Å². The third-order valence-corrected chi connectivity index (χ3v) is 1.96. The van der Waals surface area contributed by atoms with Crippen molar-refractivity contribution >= 4 is 0 Å². The normalized spacial score (nSPS) is 10.2. The number of rotatable bonds is 5. The lowest BCUT2D eigenvalue weighted by Crippen LogP contribution is -2.22. The van der Waals surface area contributed by atoms with Gasteiger partial charge >= 0.3 is 0 Å². The second-order valence-corrected chi connectivity index (χ2v) is 2.97. The highest BCUT2D eigenvalue weighted by atomic mass is 19.1. The SMILES string of the molecule is COC(COc1ccc(C#N)cc1F)OC. The van der Waals surface area contributed by atoms with E-state index in [1.54, 1.807) is 0 Å². The topological polar surface area (TPSA) is 51.5 Å². The number of hydrogen-bond acceptors (Lipinski definition) is 4. The summed E-state index contributed by atoms with van der Waals surface area (Å²) < 4.78 is 28.3. The maximum Gasteiger partial charge on any atom is 0.191 e. The van der Waals surface area contributed by atoms with Crippen LogP contribution < -0.4 is 4.74 Å². The Kier molecular flexibility index (Phi) is 4.70. The van der Waals surface area contributed by atoms with E-state index in [0.717, 1.165) is 6.07 Å². The Morgan fingerprint density at radius 2 is 2.06 bits per heavy atom. The minimum Gasteiger partial charge on any atom is -0.485 e. The van der Waals surface area contributed by atoms with Crippen molar-refractivity contribution in [3.05, 3.63) is 29.6 Å². The lowest BCUT2D eigenvalue weighted by atomic mass is 10.2. The van der Waals surface area contributed by atoms with E-state index in [4.69, 9.17) is 19.5 Å². The third-order valence-electron chi connectivity index (χ3n) is 1.96. The summed E-state index contributed by atoms with van der Waals surface area (Å²) in [7, 11) is 2.93. The number of nitriles is 1. The molecule has 0 spiro atoms. The molecule has 5 heteroatoms. The highest BCUT2D eigenvalue weighted by Gasteiger charge is 2.09. The number of benzene rings is 1. The third kappa shape index (κ3) is 3.19. The molecule has 0 aliphatic rings. The van der Waals surface area contributed by atoms with E-state index in [1.165, 1.54) is 26.4 Å². The smallest absolute Gasteiger partial charge is 0.191 e. The van der Waals surface area contributed by atoms with Gasteiger partial charge in [-0.25, -0.2) is 4.39 Å². The standard InChI is InChI=1S/C11H12FNO3/c1-14-11(15-2)7-16-10-4-3-8(6-13)5-9(10)12/h3-5,11H,7H2,1-2H3. The Morgan fingerprint density at radius 3 is 2.56 bits per heavy atom. The van der Waals surface area contributed by atoms with Gasteiger partial charge in [0.05, 0.1) is 11.6 Å². The molecule has 0 aromatic heterocycles. The zero-order chi connectivity index (χ0) is 12.0. The van der Waals surface area contributed by atoms with Crippen LogP contribution in [-0.2, 0) is 9.47 Å². The fourth-order valence-electron chi connectivity index (χ4n) is 1.08. The monoisotopic (exact) mass is 225 g/mol. The summed E-state index contributed by atoms with van der Waals surface area (Å²) >= 11 is 0. The number of halogens is 1. The average Bonchev–Trinajstić information content (AvgIpc) is 2.32. The minimum absolute atomic E-state index is 0.0677. The molecule has 0 aliphatic heterocycles. The maximum absolute atomic E-state index is 13.3. The average molecular weight is 225 g/mol. The molecular weight excluding hydrogens is 213 g/mol. The van der Waals surface area contributed by atoms with Gasteiger partial charge in [0.1, 0.15) is 6.61 Å². The molecule has 0 aliphatic carbocycles. The van der Waals surface area contributed by atoms with Gasteiger partial charge in [0.15, 0.2) is 17.9 Å². The first-order chi connectivity index (χ1) is 7.71. The number of ether oxygens (including phenoxy) is 3. The van der Waals surface area contributed by atoms with Gasteiger partial charge in [0.25, 0.3) is 0 Å². The van der Waals surface area contributed by atoms with Gasteiger partial charge in [-0.05, 0) is 18.2 Å². The van der Waals surface area contributed by atoms with Crippen LogP contribution in [-0.4, -0.2) is 27.1 Å². The lowest BCUT2D eigenvalue weighted by Gasteiger charge is -2.14. The van der Waals surface area contributed by atoms with E-state index < -0.39 is 12.1 Å².